The van der Waals surface area contributed by atoms with Crippen LogP contribution >= 0.6 is 0 Å². The Balaban J connectivity index is 1.64. The van der Waals surface area contributed by atoms with Crippen molar-refractivity contribution >= 4 is 12.0 Å². The first-order valence-corrected chi connectivity index (χ1v) is 8.06. The summed E-state index contributed by atoms with van der Waals surface area (Å²) in [5.74, 6) is -0.459. The predicted octanol–water partition coefficient (Wildman–Crippen LogP) is 4.50. The zero-order chi connectivity index (χ0) is 18.5. The molecule has 26 heavy (non-hydrogen) atoms. The van der Waals surface area contributed by atoms with E-state index in [1.54, 1.807) is 13.0 Å². The van der Waals surface area contributed by atoms with E-state index in [0.717, 1.165) is 11.1 Å². The van der Waals surface area contributed by atoms with Crippen LogP contribution in [0.25, 0.3) is 17.5 Å². The van der Waals surface area contributed by atoms with E-state index in [1.165, 1.54) is 30.3 Å². The average molecular weight is 352 g/mol. The molecular formula is C20H17FN2O3. The molecule has 1 aromatic heterocycles. The van der Waals surface area contributed by atoms with Gasteiger partial charge >= 0.3 is 5.97 Å². The Morgan fingerprint density at radius 3 is 2.62 bits per heavy atom. The van der Waals surface area contributed by atoms with Crippen LogP contribution < -0.4 is 0 Å². The smallest absolute Gasteiger partial charge is 0.331 e. The molecule has 132 valence electrons. The molecular weight excluding hydrogens is 335 g/mol. The van der Waals surface area contributed by atoms with Gasteiger partial charge in [-0.3, -0.25) is 0 Å². The second kappa shape index (κ2) is 7.74. The maximum absolute atomic E-state index is 13.0. The number of ether oxygens (including phenoxy) is 1. The van der Waals surface area contributed by atoms with Crippen molar-refractivity contribution in [2.45, 2.75) is 20.0 Å². The minimum Gasteiger partial charge on any atom is -0.449 e. The van der Waals surface area contributed by atoms with Gasteiger partial charge in [0.05, 0.1) is 0 Å². The Morgan fingerprint density at radius 1 is 1.15 bits per heavy atom. The number of carbonyl (C=O) groups excluding carboxylic acids is 1. The monoisotopic (exact) mass is 352 g/mol. The lowest BCUT2D eigenvalue weighted by Gasteiger charge is -2.07. The van der Waals surface area contributed by atoms with E-state index in [2.05, 4.69) is 10.2 Å². The molecule has 0 fully saturated rings. The van der Waals surface area contributed by atoms with Crippen molar-refractivity contribution in [2.75, 3.05) is 0 Å². The summed E-state index contributed by atoms with van der Waals surface area (Å²) in [7, 11) is 0. The van der Waals surface area contributed by atoms with Crippen molar-refractivity contribution in [3.05, 3.63) is 77.4 Å². The Labute approximate surface area is 150 Å². The van der Waals surface area contributed by atoms with Gasteiger partial charge < -0.3 is 9.15 Å². The van der Waals surface area contributed by atoms with Crippen molar-refractivity contribution in [1.29, 1.82) is 0 Å². The number of hydrogen-bond donors (Lipinski definition) is 0. The summed E-state index contributed by atoms with van der Waals surface area (Å²) in [5, 5.41) is 7.79. The molecule has 6 heteroatoms. The van der Waals surface area contributed by atoms with Gasteiger partial charge in [0, 0.05) is 11.6 Å². The number of carbonyl (C=O) groups is 1. The van der Waals surface area contributed by atoms with E-state index in [-0.39, 0.29) is 17.6 Å². The topological polar surface area (TPSA) is 65.2 Å². The predicted molar refractivity (Wildman–Crippen MR) is 94.4 cm³/mol. The summed E-state index contributed by atoms with van der Waals surface area (Å²) < 4.78 is 23.8. The van der Waals surface area contributed by atoms with Crippen LogP contribution in [0.4, 0.5) is 4.39 Å². The summed E-state index contributed by atoms with van der Waals surface area (Å²) in [6.45, 7) is 3.60. The van der Waals surface area contributed by atoms with Gasteiger partial charge in [-0.25, -0.2) is 9.18 Å². The van der Waals surface area contributed by atoms with E-state index in [4.69, 9.17) is 9.15 Å². The summed E-state index contributed by atoms with van der Waals surface area (Å²) in [6, 6.07) is 13.4. The van der Waals surface area contributed by atoms with Gasteiger partial charge in [-0.15, -0.1) is 10.2 Å². The fourth-order valence-corrected chi connectivity index (χ4v) is 2.30. The second-order valence-electron chi connectivity index (χ2n) is 5.72. The van der Waals surface area contributed by atoms with E-state index in [0.29, 0.717) is 5.56 Å². The Bertz CT molecular complexity index is 932. The molecule has 0 aliphatic rings. The van der Waals surface area contributed by atoms with Crippen molar-refractivity contribution in [2.24, 2.45) is 0 Å². The maximum atomic E-state index is 13.0. The highest BCUT2D eigenvalue weighted by atomic mass is 19.1. The summed E-state index contributed by atoms with van der Waals surface area (Å²) >= 11 is 0. The molecule has 0 spiro atoms. The highest BCUT2D eigenvalue weighted by Crippen LogP contribution is 2.22. The highest BCUT2D eigenvalue weighted by molar-refractivity contribution is 5.87. The lowest BCUT2D eigenvalue weighted by Crippen LogP contribution is -2.06. The van der Waals surface area contributed by atoms with Gasteiger partial charge in [-0.05, 0) is 55.3 Å². The van der Waals surface area contributed by atoms with Crippen molar-refractivity contribution in [3.8, 4) is 11.5 Å². The first-order chi connectivity index (χ1) is 12.5. The first kappa shape index (κ1) is 17.5. The lowest BCUT2D eigenvalue weighted by molar-refractivity contribution is -0.143. The van der Waals surface area contributed by atoms with Crippen molar-refractivity contribution in [3.63, 3.8) is 0 Å². The van der Waals surface area contributed by atoms with Crippen molar-refractivity contribution in [1.82, 2.24) is 10.2 Å². The first-order valence-electron chi connectivity index (χ1n) is 8.06. The Hall–Kier alpha value is -3.28. The third-order valence-corrected chi connectivity index (χ3v) is 3.76. The van der Waals surface area contributed by atoms with E-state index < -0.39 is 12.1 Å². The molecule has 0 radical (unpaired) electrons. The van der Waals surface area contributed by atoms with E-state index in [1.807, 2.05) is 31.2 Å². The summed E-state index contributed by atoms with van der Waals surface area (Å²) in [6.07, 6.45) is 2.35. The van der Waals surface area contributed by atoms with Crippen LogP contribution in [0.2, 0.25) is 0 Å². The van der Waals surface area contributed by atoms with Crippen LogP contribution in [0, 0.1) is 12.7 Å². The SMILES string of the molecule is Cc1ccccc1/C=C/C(=O)O[C@@H](C)c1nnc(-c2ccc(F)cc2)o1. The normalized spacial score (nSPS) is 12.3. The van der Waals surface area contributed by atoms with Gasteiger partial charge in [0.2, 0.25) is 5.89 Å². The molecule has 0 amide bonds. The van der Waals surface area contributed by atoms with Crippen LogP contribution in [0.5, 0.6) is 0 Å². The molecule has 2 aromatic carbocycles. The molecule has 0 aliphatic carbocycles. The van der Waals surface area contributed by atoms with Crippen LogP contribution in [-0.4, -0.2) is 16.2 Å². The largest absolute Gasteiger partial charge is 0.449 e. The molecule has 0 N–H and O–H groups in total. The molecule has 0 saturated carbocycles. The fraction of sp³-hybridized carbons (Fsp3) is 0.150. The van der Waals surface area contributed by atoms with Crippen LogP contribution in [0.15, 0.2) is 59.0 Å². The van der Waals surface area contributed by atoms with Gasteiger partial charge in [0.15, 0.2) is 6.10 Å². The van der Waals surface area contributed by atoms with Crippen molar-refractivity contribution < 1.29 is 18.3 Å². The maximum Gasteiger partial charge on any atom is 0.331 e. The lowest BCUT2D eigenvalue weighted by atomic mass is 10.1. The second-order valence-corrected chi connectivity index (χ2v) is 5.72. The molecule has 0 bridgehead atoms. The summed E-state index contributed by atoms with van der Waals surface area (Å²) in [4.78, 5) is 12.0. The van der Waals surface area contributed by atoms with E-state index in [9.17, 15) is 9.18 Å². The minimum atomic E-state index is -0.703. The highest BCUT2D eigenvalue weighted by Gasteiger charge is 2.18. The number of hydrogen-bond acceptors (Lipinski definition) is 5. The third-order valence-electron chi connectivity index (χ3n) is 3.76. The zero-order valence-electron chi connectivity index (χ0n) is 14.3. The van der Waals surface area contributed by atoms with Gasteiger partial charge in [0.25, 0.3) is 5.89 Å². The molecule has 3 aromatic rings. The van der Waals surface area contributed by atoms with Gasteiger partial charge in [-0.2, -0.15) is 0 Å². The molecule has 0 aliphatic heterocycles. The fourth-order valence-electron chi connectivity index (χ4n) is 2.30. The van der Waals surface area contributed by atoms with Gasteiger partial charge in [0.1, 0.15) is 5.82 Å². The molecule has 1 heterocycles. The zero-order valence-corrected chi connectivity index (χ0v) is 14.3. The quantitative estimate of drug-likeness (QED) is 0.500. The number of halogens is 1. The standard InChI is InChI=1S/C20H17FN2O3/c1-13-5-3-4-6-15(13)9-12-18(24)25-14(2)19-22-23-20(26-19)16-7-10-17(21)11-8-16/h3-12,14H,1-2H3/b12-9+/t14-/m0/s1. The van der Waals surface area contributed by atoms with Crippen LogP contribution in [0.3, 0.4) is 0 Å². The number of rotatable bonds is 5. The van der Waals surface area contributed by atoms with Gasteiger partial charge in [-0.1, -0.05) is 24.3 Å². The number of nitrogens with zero attached hydrogens (tertiary/aromatic N) is 2. The Kier molecular flexibility index (Phi) is 5.22. The molecule has 0 saturated heterocycles. The number of esters is 1. The molecule has 1 atom stereocenters. The third kappa shape index (κ3) is 4.22. The van der Waals surface area contributed by atoms with Crippen LogP contribution in [0.1, 0.15) is 30.0 Å². The average Bonchev–Trinajstić information content (AvgIpc) is 3.12. The van der Waals surface area contributed by atoms with Crippen LogP contribution in [-0.2, 0) is 9.53 Å². The molecule has 5 nitrogen and oxygen atoms in total. The summed E-state index contributed by atoms with van der Waals surface area (Å²) in [5.41, 5.74) is 2.59. The molecule has 3 rings (SSSR count). The number of aryl methyl sites for hydroxylation is 1. The number of aromatic nitrogens is 2. The minimum absolute atomic E-state index is 0.168. The Morgan fingerprint density at radius 2 is 1.88 bits per heavy atom. The van der Waals surface area contributed by atoms with E-state index >= 15 is 0 Å². The number of benzene rings is 2. The molecule has 0 unspecified atom stereocenters.